The van der Waals surface area contributed by atoms with Gasteiger partial charge in [-0.3, -0.25) is 9.78 Å². The molecule has 1 fully saturated rings. The van der Waals surface area contributed by atoms with E-state index >= 15 is 0 Å². The first-order valence-corrected chi connectivity index (χ1v) is 14.2. The fourth-order valence-corrected chi connectivity index (χ4v) is 5.82. The molecule has 1 aliphatic heterocycles. The largest absolute Gasteiger partial charge is 0.493 e. The molecule has 11 heteroatoms. The van der Waals surface area contributed by atoms with Crippen LogP contribution in [-0.4, -0.2) is 43.0 Å². The number of aromatic nitrogens is 2. The van der Waals surface area contributed by atoms with Crippen molar-refractivity contribution in [1.82, 2.24) is 14.7 Å². The quantitative estimate of drug-likeness (QED) is 0.411. The highest BCUT2D eigenvalue weighted by atomic mass is 32.2. The van der Waals surface area contributed by atoms with Crippen LogP contribution in [0.15, 0.2) is 53.7 Å². The number of rotatable bonds is 8. The van der Waals surface area contributed by atoms with Crippen LogP contribution in [0.1, 0.15) is 51.4 Å². The molecule has 0 aliphatic carbocycles. The van der Waals surface area contributed by atoms with Crippen LogP contribution in [0.5, 0.6) is 5.75 Å². The summed E-state index contributed by atoms with van der Waals surface area (Å²) in [5.41, 5.74) is 6.77. The van der Waals surface area contributed by atoms with Gasteiger partial charge in [0, 0.05) is 29.9 Å². The summed E-state index contributed by atoms with van der Waals surface area (Å²) in [5, 5.41) is -0.370. The Labute approximate surface area is 228 Å². The number of hydrogen-bond donors (Lipinski definition) is 2. The number of amides is 1. The number of benzene rings is 1. The predicted molar refractivity (Wildman–Crippen MR) is 148 cm³/mol. The minimum absolute atomic E-state index is 0.0108. The van der Waals surface area contributed by atoms with Crippen molar-refractivity contribution in [3.8, 4) is 17.0 Å². The molecule has 0 spiro atoms. The molecule has 3 N–H and O–H groups in total. The van der Waals surface area contributed by atoms with Gasteiger partial charge in [-0.25, -0.2) is 14.1 Å². The van der Waals surface area contributed by atoms with Gasteiger partial charge in [0.05, 0.1) is 23.6 Å². The maximum Gasteiger partial charge on any atom is 0.281 e. The van der Waals surface area contributed by atoms with Gasteiger partial charge in [-0.15, -0.1) is 0 Å². The highest BCUT2D eigenvalue weighted by molar-refractivity contribution is 7.90. The second-order valence-electron chi connectivity index (χ2n) is 11.0. The fraction of sp³-hybridized carbons (Fsp3) is 0.393. The molecule has 1 aliphatic rings. The molecule has 1 aromatic carbocycles. The number of halogens is 1. The van der Waals surface area contributed by atoms with Crippen LogP contribution in [0.2, 0.25) is 0 Å². The third-order valence-corrected chi connectivity index (χ3v) is 7.72. The Morgan fingerprint density at radius 3 is 2.64 bits per heavy atom. The van der Waals surface area contributed by atoms with Gasteiger partial charge >= 0.3 is 0 Å². The molecular formula is C28H34FN5O4S. The summed E-state index contributed by atoms with van der Waals surface area (Å²) < 4.78 is 48.2. The zero-order chi connectivity index (χ0) is 28.5. The number of nitrogens with two attached hydrogens (primary N) is 1. The zero-order valence-corrected chi connectivity index (χ0v) is 23.5. The molecule has 9 nitrogen and oxygen atoms in total. The van der Waals surface area contributed by atoms with E-state index in [2.05, 4.69) is 40.4 Å². The monoisotopic (exact) mass is 555 g/mol. The van der Waals surface area contributed by atoms with Crippen LogP contribution in [0.25, 0.3) is 11.3 Å². The Hall–Kier alpha value is -3.73. The average Bonchev–Trinajstić information content (AvgIpc) is 3.13. The standard InChI is InChI=1S/C28H34FN5O4S/c1-17(2)16-38-21-10-19(9-20(29)11-21)23-12-24(34-15-18(3)13-28(34,4)5)22(14-31-23)27(35)33-39(36,37)26-8-6-7-25(30)32-26/h6-12,14,17-18H,13,15-16H2,1-5H3,(H2,30,32)(H,33,35)/t18-/m0/s1. The normalized spacial score (nSPS) is 16.9. The number of anilines is 2. The Bertz CT molecular complexity index is 1490. The predicted octanol–water partition coefficient (Wildman–Crippen LogP) is 4.64. The van der Waals surface area contributed by atoms with Gasteiger partial charge in [-0.1, -0.05) is 26.8 Å². The van der Waals surface area contributed by atoms with Crippen LogP contribution in [-0.2, 0) is 10.0 Å². The van der Waals surface area contributed by atoms with Crippen LogP contribution < -0.4 is 20.1 Å². The highest BCUT2D eigenvalue weighted by Gasteiger charge is 2.38. The Kier molecular flexibility index (Phi) is 7.83. The van der Waals surface area contributed by atoms with Gasteiger partial charge in [0.1, 0.15) is 17.4 Å². The van der Waals surface area contributed by atoms with Gasteiger partial charge in [0.25, 0.3) is 15.9 Å². The first-order valence-electron chi connectivity index (χ1n) is 12.8. The molecule has 0 bridgehead atoms. The van der Waals surface area contributed by atoms with E-state index in [0.717, 1.165) is 6.42 Å². The van der Waals surface area contributed by atoms with Crippen molar-refractivity contribution in [3.63, 3.8) is 0 Å². The third-order valence-electron chi connectivity index (χ3n) is 6.49. The SMILES string of the molecule is CC(C)COc1cc(F)cc(-c2cc(N3C[C@@H](C)CC3(C)C)c(C(=O)NS(=O)(=O)c3cccc(N)n3)cn2)c1. The molecule has 39 heavy (non-hydrogen) atoms. The zero-order valence-electron chi connectivity index (χ0n) is 22.7. The van der Waals surface area contributed by atoms with Crippen molar-refractivity contribution in [1.29, 1.82) is 0 Å². The average molecular weight is 556 g/mol. The second-order valence-corrected chi connectivity index (χ2v) is 12.7. The number of sulfonamides is 1. The van der Waals surface area contributed by atoms with E-state index in [0.29, 0.717) is 41.8 Å². The maximum absolute atomic E-state index is 14.5. The minimum atomic E-state index is -4.30. The molecule has 208 valence electrons. The number of carbonyl (C=O) groups excluding carboxylic acids is 1. The Balaban J connectivity index is 1.76. The summed E-state index contributed by atoms with van der Waals surface area (Å²) >= 11 is 0. The van der Waals surface area contributed by atoms with Gasteiger partial charge in [0.15, 0.2) is 5.03 Å². The number of nitrogens with zero attached hydrogens (tertiary/aromatic N) is 3. The van der Waals surface area contributed by atoms with Gasteiger partial charge in [-0.2, -0.15) is 8.42 Å². The summed E-state index contributed by atoms with van der Waals surface area (Å²) in [5.74, 6) is -0.358. The lowest BCUT2D eigenvalue weighted by molar-refractivity contribution is 0.0981. The fourth-order valence-electron chi connectivity index (χ4n) is 4.88. The van der Waals surface area contributed by atoms with Gasteiger partial charge in [0.2, 0.25) is 0 Å². The first-order chi connectivity index (χ1) is 18.2. The lowest BCUT2D eigenvalue weighted by Gasteiger charge is -2.35. The van der Waals surface area contributed by atoms with E-state index in [1.54, 1.807) is 12.1 Å². The molecular weight excluding hydrogens is 521 g/mol. The minimum Gasteiger partial charge on any atom is -0.493 e. The van der Waals surface area contributed by atoms with Crippen molar-refractivity contribution in [2.75, 3.05) is 23.8 Å². The number of hydrogen-bond acceptors (Lipinski definition) is 8. The molecule has 0 unspecified atom stereocenters. The molecule has 3 aromatic rings. The maximum atomic E-state index is 14.5. The molecule has 0 saturated carbocycles. The lowest BCUT2D eigenvalue weighted by atomic mass is 9.97. The van der Waals surface area contributed by atoms with E-state index in [-0.39, 0.29) is 27.9 Å². The number of ether oxygens (including phenoxy) is 1. The van der Waals surface area contributed by atoms with Crippen molar-refractivity contribution in [2.24, 2.45) is 11.8 Å². The van der Waals surface area contributed by atoms with Gasteiger partial charge < -0.3 is 15.4 Å². The molecule has 1 amide bonds. The Morgan fingerprint density at radius 2 is 2.00 bits per heavy atom. The first kappa shape index (κ1) is 28.3. The van der Waals surface area contributed by atoms with Crippen molar-refractivity contribution < 1.29 is 22.3 Å². The number of pyridine rings is 2. The third kappa shape index (κ3) is 6.47. The highest BCUT2D eigenvalue weighted by Crippen LogP contribution is 2.40. The smallest absolute Gasteiger partial charge is 0.281 e. The summed E-state index contributed by atoms with van der Waals surface area (Å²) in [7, 11) is -4.30. The van der Waals surface area contributed by atoms with Gasteiger partial charge in [-0.05, 0) is 62.4 Å². The second kappa shape index (κ2) is 10.8. The van der Waals surface area contributed by atoms with Crippen LogP contribution in [0, 0.1) is 17.7 Å². The molecule has 1 atom stereocenters. The summed E-state index contributed by atoms with van der Waals surface area (Å²) in [6, 6.07) is 10.2. The van der Waals surface area contributed by atoms with Crippen molar-refractivity contribution in [3.05, 3.63) is 60.0 Å². The molecule has 2 aromatic heterocycles. The molecule has 1 saturated heterocycles. The van der Waals surface area contributed by atoms with Crippen LogP contribution in [0.3, 0.4) is 0 Å². The number of carbonyl (C=O) groups is 1. The molecule has 4 rings (SSSR count). The summed E-state index contributed by atoms with van der Waals surface area (Å²) in [6.07, 6.45) is 2.19. The van der Waals surface area contributed by atoms with E-state index in [9.17, 15) is 17.6 Å². The van der Waals surface area contributed by atoms with Crippen LogP contribution in [0.4, 0.5) is 15.9 Å². The van der Waals surface area contributed by atoms with Crippen molar-refractivity contribution in [2.45, 2.75) is 51.6 Å². The molecule has 3 heterocycles. The molecule has 0 radical (unpaired) electrons. The topological polar surface area (TPSA) is 128 Å². The van der Waals surface area contributed by atoms with Crippen LogP contribution >= 0.6 is 0 Å². The van der Waals surface area contributed by atoms with Crippen molar-refractivity contribution >= 4 is 27.4 Å². The lowest BCUT2D eigenvalue weighted by Crippen LogP contribution is -2.40. The van der Waals surface area contributed by atoms with E-state index in [4.69, 9.17) is 10.5 Å². The summed E-state index contributed by atoms with van der Waals surface area (Å²) in [6.45, 7) is 11.3. The van der Waals surface area contributed by atoms with E-state index < -0.39 is 21.7 Å². The van der Waals surface area contributed by atoms with E-state index in [1.807, 2.05) is 13.8 Å². The number of nitrogen functional groups attached to an aromatic ring is 1. The Morgan fingerprint density at radius 1 is 1.26 bits per heavy atom. The summed E-state index contributed by atoms with van der Waals surface area (Å²) in [4.78, 5) is 23.7. The number of nitrogens with one attached hydrogen (secondary N) is 1. The van der Waals surface area contributed by atoms with E-state index in [1.165, 1.54) is 36.5 Å².